The van der Waals surface area contributed by atoms with Gasteiger partial charge < -0.3 is 10.6 Å². The Hall–Kier alpha value is -1.32. The minimum absolute atomic E-state index is 0.662. The summed E-state index contributed by atoms with van der Waals surface area (Å²) in [4.78, 5) is 8.50. The maximum absolute atomic E-state index is 4.38. The van der Waals surface area contributed by atoms with Gasteiger partial charge in [-0.2, -0.15) is 0 Å². The molecule has 1 aromatic heterocycles. The highest BCUT2D eigenvalue weighted by molar-refractivity contribution is 5.41. The molecule has 15 heavy (non-hydrogen) atoms. The van der Waals surface area contributed by atoms with Crippen molar-refractivity contribution in [1.29, 1.82) is 0 Å². The molecule has 1 aromatic rings. The Balaban J connectivity index is 2.50. The topological polar surface area (TPSA) is 49.8 Å². The van der Waals surface area contributed by atoms with E-state index in [-0.39, 0.29) is 0 Å². The van der Waals surface area contributed by atoms with Gasteiger partial charge in [-0.25, -0.2) is 4.98 Å². The third-order valence-electron chi connectivity index (χ3n) is 2.32. The van der Waals surface area contributed by atoms with Crippen LogP contribution in [0.4, 0.5) is 11.6 Å². The summed E-state index contributed by atoms with van der Waals surface area (Å²) in [6.45, 7) is 8.26. The Kier molecular flexibility index (Phi) is 4.87. The molecule has 0 bridgehead atoms. The van der Waals surface area contributed by atoms with E-state index in [1.807, 2.05) is 6.92 Å². The number of nitrogens with zero attached hydrogens (tertiary/aromatic N) is 2. The van der Waals surface area contributed by atoms with Crippen molar-refractivity contribution < 1.29 is 0 Å². The average molecular weight is 208 g/mol. The van der Waals surface area contributed by atoms with Crippen molar-refractivity contribution in [3.8, 4) is 0 Å². The van der Waals surface area contributed by atoms with Crippen molar-refractivity contribution in [2.75, 3.05) is 23.7 Å². The zero-order valence-electron chi connectivity index (χ0n) is 9.75. The molecule has 4 nitrogen and oxygen atoms in total. The van der Waals surface area contributed by atoms with Gasteiger partial charge in [0.15, 0.2) is 0 Å². The summed E-state index contributed by atoms with van der Waals surface area (Å²) in [6, 6.07) is 0. The van der Waals surface area contributed by atoms with Gasteiger partial charge in [0, 0.05) is 13.1 Å². The van der Waals surface area contributed by atoms with Crippen LogP contribution < -0.4 is 10.6 Å². The molecule has 1 rings (SSSR count). The lowest BCUT2D eigenvalue weighted by Crippen LogP contribution is -2.12. The Morgan fingerprint density at radius 1 is 1.20 bits per heavy atom. The third-order valence-corrected chi connectivity index (χ3v) is 2.32. The first-order valence-electron chi connectivity index (χ1n) is 5.56. The highest BCUT2D eigenvalue weighted by Gasteiger charge is 2.00. The first-order valence-corrected chi connectivity index (χ1v) is 5.56. The van der Waals surface area contributed by atoms with E-state index < -0.39 is 0 Å². The Morgan fingerprint density at radius 2 is 1.87 bits per heavy atom. The monoisotopic (exact) mass is 208 g/mol. The van der Waals surface area contributed by atoms with Crippen molar-refractivity contribution in [3.05, 3.63) is 12.4 Å². The van der Waals surface area contributed by atoms with Gasteiger partial charge in [0.1, 0.15) is 11.6 Å². The molecule has 1 unspecified atom stereocenters. The minimum atomic E-state index is 0.662. The molecule has 0 spiro atoms. The molecule has 0 aromatic carbocycles. The molecular weight excluding hydrogens is 188 g/mol. The van der Waals surface area contributed by atoms with Gasteiger partial charge in [-0.1, -0.05) is 20.3 Å². The highest BCUT2D eigenvalue weighted by atomic mass is 15.1. The van der Waals surface area contributed by atoms with E-state index in [1.54, 1.807) is 12.4 Å². The summed E-state index contributed by atoms with van der Waals surface area (Å²) >= 11 is 0. The Labute approximate surface area is 91.5 Å². The molecule has 1 heterocycles. The second kappa shape index (κ2) is 6.22. The van der Waals surface area contributed by atoms with Gasteiger partial charge >= 0.3 is 0 Å². The third kappa shape index (κ3) is 4.14. The molecule has 0 saturated heterocycles. The lowest BCUT2D eigenvalue weighted by molar-refractivity contribution is 0.592. The molecule has 0 aliphatic carbocycles. The van der Waals surface area contributed by atoms with Crippen molar-refractivity contribution in [2.45, 2.75) is 27.2 Å². The summed E-state index contributed by atoms with van der Waals surface area (Å²) in [5, 5.41) is 6.42. The summed E-state index contributed by atoms with van der Waals surface area (Å²) < 4.78 is 0. The second-order valence-corrected chi connectivity index (χ2v) is 3.71. The molecule has 0 aliphatic heterocycles. The first kappa shape index (κ1) is 11.8. The molecule has 0 saturated carbocycles. The summed E-state index contributed by atoms with van der Waals surface area (Å²) in [5.41, 5.74) is 0. The molecule has 0 fully saturated rings. The zero-order chi connectivity index (χ0) is 11.1. The maximum Gasteiger partial charge on any atom is 0.146 e. The van der Waals surface area contributed by atoms with E-state index in [2.05, 4.69) is 34.4 Å². The highest BCUT2D eigenvalue weighted by Crippen LogP contribution is 2.08. The molecule has 1 atom stereocenters. The summed E-state index contributed by atoms with van der Waals surface area (Å²) in [5.74, 6) is 2.33. The van der Waals surface area contributed by atoms with Crippen LogP contribution in [0.2, 0.25) is 0 Å². The fraction of sp³-hybridized carbons (Fsp3) is 0.636. The SMILES string of the molecule is CCNc1cncc(NCC(C)CC)n1. The number of anilines is 2. The summed E-state index contributed by atoms with van der Waals surface area (Å²) in [6.07, 6.45) is 4.66. The zero-order valence-corrected chi connectivity index (χ0v) is 9.75. The molecule has 0 radical (unpaired) electrons. The van der Waals surface area contributed by atoms with E-state index >= 15 is 0 Å². The van der Waals surface area contributed by atoms with Crippen LogP contribution in [0.25, 0.3) is 0 Å². The number of rotatable bonds is 6. The standard InChI is InChI=1S/C11H20N4/c1-4-9(3)6-14-11-8-12-7-10(15-11)13-5-2/h7-9H,4-6H2,1-3H3,(H2,13,14,15). The largest absolute Gasteiger partial charge is 0.369 e. The fourth-order valence-electron chi connectivity index (χ4n) is 1.14. The van der Waals surface area contributed by atoms with E-state index in [4.69, 9.17) is 0 Å². The van der Waals surface area contributed by atoms with E-state index in [9.17, 15) is 0 Å². The van der Waals surface area contributed by atoms with Gasteiger partial charge in [0.05, 0.1) is 12.4 Å². The van der Waals surface area contributed by atoms with Crippen molar-refractivity contribution in [2.24, 2.45) is 5.92 Å². The van der Waals surface area contributed by atoms with E-state index in [0.717, 1.165) is 24.7 Å². The molecule has 4 heteroatoms. The van der Waals surface area contributed by atoms with Crippen molar-refractivity contribution in [1.82, 2.24) is 9.97 Å². The second-order valence-electron chi connectivity index (χ2n) is 3.71. The van der Waals surface area contributed by atoms with Gasteiger partial charge in [0.25, 0.3) is 0 Å². The normalized spacial score (nSPS) is 12.2. The predicted octanol–water partition coefficient (Wildman–Crippen LogP) is 2.37. The van der Waals surface area contributed by atoms with Crippen LogP contribution >= 0.6 is 0 Å². The van der Waals surface area contributed by atoms with Crippen LogP contribution in [-0.4, -0.2) is 23.1 Å². The Morgan fingerprint density at radius 3 is 2.47 bits per heavy atom. The van der Waals surface area contributed by atoms with E-state index in [1.165, 1.54) is 6.42 Å². The predicted molar refractivity (Wildman–Crippen MR) is 64.1 cm³/mol. The fourth-order valence-corrected chi connectivity index (χ4v) is 1.14. The summed E-state index contributed by atoms with van der Waals surface area (Å²) in [7, 11) is 0. The van der Waals surface area contributed by atoms with Gasteiger partial charge in [-0.3, -0.25) is 4.98 Å². The van der Waals surface area contributed by atoms with Gasteiger partial charge in [0.2, 0.25) is 0 Å². The number of aromatic nitrogens is 2. The first-order chi connectivity index (χ1) is 7.26. The Bertz CT molecular complexity index is 288. The molecule has 84 valence electrons. The van der Waals surface area contributed by atoms with Crippen LogP contribution in [0.1, 0.15) is 27.2 Å². The lowest BCUT2D eigenvalue weighted by Gasteiger charge is -2.11. The molecule has 0 amide bonds. The quantitative estimate of drug-likeness (QED) is 0.753. The number of hydrogen-bond donors (Lipinski definition) is 2. The van der Waals surface area contributed by atoms with Crippen LogP contribution in [0.3, 0.4) is 0 Å². The van der Waals surface area contributed by atoms with Crippen LogP contribution in [0.15, 0.2) is 12.4 Å². The van der Waals surface area contributed by atoms with Crippen LogP contribution in [0, 0.1) is 5.92 Å². The average Bonchev–Trinajstić information content (AvgIpc) is 2.27. The molecule has 2 N–H and O–H groups in total. The van der Waals surface area contributed by atoms with Crippen molar-refractivity contribution in [3.63, 3.8) is 0 Å². The number of hydrogen-bond acceptors (Lipinski definition) is 4. The van der Waals surface area contributed by atoms with E-state index in [0.29, 0.717) is 5.92 Å². The maximum atomic E-state index is 4.38. The lowest BCUT2D eigenvalue weighted by atomic mass is 10.1. The van der Waals surface area contributed by atoms with Gasteiger partial charge in [-0.15, -0.1) is 0 Å². The van der Waals surface area contributed by atoms with Crippen LogP contribution in [0.5, 0.6) is 0 Å². The number of nitrogens with one attached hydrogen (secondary N) is 2. The molecular formula is C11H20N4. The van der Waals surface area contributed by atoms with Gasteiger partial charge in [-0.05, 0) is 12.8 Å². The van der Waals surface area contributed by atoms with Crippen LogP contribution in [-0.2, 0) is 0 Å². The minimum Gasteiger partial charge on any atom is -0.369 e. The smallest absolute Gasteiger partial charge is 0.146 e. The molecule has 0 aliphatic rings. The van der Waals surface area contributed by atoms with Crippen molar-refractivity contribution >= 4 is 11.6 Å².